The third-order valence-electron chi connectivity index (χ3n) is 12.2. The van der Waals surface area contributed by atoms with E-state index in [1.54, 1.807) is 35.4 Å². The average molecular weight is 835 g/mol. The minimum absolute atomic E-state index is 0.148. The van der Waals surface area contributed by atoms with E-state index in [9.17, 15) is 19.2 Å². The van der Waals surface area contributed by atoms with Crippen LogP contribution in [-0.4, -0.2) is 97.7 Å². The number of aryl methyl sites for hydroxylation is 1. The third kappa shape index (κ3) is 11.8. The summed E-state index contributed by atoms with van der Waals surface area (Å²) in [5, 5.41) is 20.3. The summed E-state index contributed by atoms with van der Waals surface area (Å²) in [6.07, 6.45) is 8.23. The molecule has 61 heavy (non-hydrogen) atoms. The number of primary amides is 1. The van der Waals surface area contributed by atoms with Gasteiger partial charge in [-0.2, -0.15) is 5.21 Å². The van der Waals surface area contributed by atoms with Crippen LogP contribution in [0.4, 0.5) is 10.5 Å². The van der Waals surface area contributed by atoms with Gasteiger partial charge < -0.3 is 26.0 Å². The van der Waals surface area contributed by atoms with Crippen molar-refractivity contribution in [2.45, 2.75) is 123 Å². The summed E-state index contributed by atoms with van der Waals surface area (Å²) in [4.78, 5) is 62.1. The highest BCUT2D eigenvalue weighted by Gasteiger charge is 2.36. The number of carbonyl (C=O) groups excluding carboxylic acids is 4. The fourth-order valence-corrected chi connectivity index (χ4v) is 8.80. The monoisotopic (exact) mass is 834 g/mol. The number of amides is 4. The molecule has 6 rings (SSSR count). The van der Waals surface area contributed by atoms with Crippen molar-refractivity contribution in [3.8, 4) is 22.5 Å². The maximum atomic E-state index is 14.6. The number of alkyl carbamates (subject to hydrolysis) is 1. The predicted octanol–water partition coefficient (Wildman–Crippen LogP) is 6.38. The summed E-state index contributed by atoms with van der Waals surface area (Å²) in [5.41, 5.74) is 10.7. The van der Waals surface area contributed by atoms with Crippen LogP contribution in [0.1, 0.15) is 108 Å². The van der Waals surface area contributed by atoms with Crippen LogP contribution in [0.2, 0.25) is 0 Å². The van der Waals surface area contributed by atoms with Crippen molar-refractivity contribution in [3.05, 3.63) is 77.6 Å². The van der Waals surface area contributed by atoms with Gasteiger partial charge in [0.05, 0.1) is 0 Å². The minimum atomic E-state index is -0.977. The van der Waals surface area contributed by atoms with E-state index >= 15 is 0 Å². The molecule has 0 bridgehead atoms. The summed E-state index contributed by atoms with van der Waals surface area (Å²) in [7, 11) is 0. The Morgan fingerprint density at radius 2 is 1.56 bits per heavy atom. The Balaban J connectivity index is 1.14. The Morgan fingerprint density at radius 1 is 0.902 bits per heavy atom. The molecular weight excluding hydrogens is 773 g/mol. The number of carbonyl (C=O) groups is 4. The van der Waals surface area contributed by atoms with Gasteiger partial charge in [-0.1, -0.05) is 38.1 Å². The number of ether oxygens (including phenoxy) is 1. The van der Waals surface area contributed by atoms with Crippen LogP contribution in [0.5, 0.6) is 0 Å². The molecular formula is C46H62N10O5. The lowest BCUT2D eigenvalue weighted by Crippen LogP contribution is -2.52. The van der Waals surface area contributed by atoms with E-state index in [2.05, 4.69) is 55.0 Å². The van der Waals surface area contributed by atoms with Crippen molar-refractivity contribution in [2.24, 2.45) is 17.6 Å². The molecule has 4 amide bonds. The highest BCUT2D eigenvalue weighted by Crippen LogP contribution is 2.34. The summed E-state index contributed by atoms with van der Waals surface area (Å²) in [6.45, 7) is 14.4. The molecule has 326 valence electrons. The molecule has 2 aliphatic rings. The first-order valence-corrected chi connectivity index (χ1v) is 21.8. The topological polar surface area (TPSA) is 201 Å². The first kappa shape index (κ1) is 44.8. The Bertz CT molecular complexity index is 2080. The van der Waals surface area contributed by atoms with E-state index in [4.69, 9.17) is 10.5 Å². The van der Waals surface area contributed by atoms with E-state index < -0.39 is 23.6 Å². The number of aromatic amines is 1. The smallest absolute Gasteiger partial charge is 0.407 e. The second-order valence-electron chi connectivity index (χ2n) is 17.5. The molecule has 15 heteroatoms. The summed E-state index contributed by atoms with van der Waals surface area (Å²) in [5.74, 6) is -0.691. The highest BCUT2D eigenvalue weighted by atomic mass is 16.6. The zero-order valence-corrected chi connectivity index (χ0v) is 36.4. The zero-order chi connectivity index (χ0) is 43.7. The van der Waals surface area contributed by atoms with Crippen LogP contribution < -0.4 is 21.3 Å². The van der Waals surface area contributed by atoms with Crippen LogP contribution in [0.15, 0.2) is 60.8 Å². The lowest BCUT2D eigenvalue weighted by Gasteiger charge is -2.36. The first-order chi connectivity index (χ1) is 29.2. The van der Waals surface area contributed by atoms with Gasteiger partial charge in [-0.3, -0.25) is 24.3 Å². The van der Waals surface area contributed by atoms with Crippen LogP contribution in [0.3, 0.4) is 0 Å². The summed E-state index contributed by atoms with van der Waals surface area (Å²) < 4.78 is 5.39. The SMILES string of the molecule is CCN(CC)C1CCC(NC(=O)c2cc(C)c(-c3ccc(C[C@@H](C(N)=O)N(C(=O)C4CCC(CNC(=O)OC(C)(C)C)CC4)c4ccc(-c5nn[nH]n5)cc4)cc3)cn2)CC1. The molecule has 5 N–H and O–H groups in total. The molecule has 4 aromatic rings. The number of benzene rings is 2. The molecule has 2 aromatic carbocycles. The molecule has 1 atom stereocenters. The van der Waals surface area contributed by atoms with Crippen molar-refractivity contribution in [1.29, 1.82) is 0 Å². The Morgan fingerprint density at radius 3 is 2.13 bits per heavy atom. The molecule has 0 radical (unpaired) electrons. The maximum Gasteiger partial charge on any atom is 0.407 e. The molecule has 0 unspecified atom stereocenters. The quantitative estimate of drug-likeness (QED) is 0.104. The van der Waals surface area contributed by atoms with Gasteiger partial charge in [-0.25, -0.2) is 4.79 Å². The van der Waals surface area contributed by atoms with Gasteiger partial charge in [0.2, 0.25) is 17.6 Å². The zero-order valence-electron chi connectivity index (χ0n) is 36.4. The van der Waals surface area contributed by atoms with Crippen molar-refractivity contribution >= 4 is 29.5 Å². The maximum absolute atomic E-state index is 14.6. The molecule has 2 heterocycles. The average Bonchev–Trinajstić information content (AvgIpc) is 3.79. The van der Waals surface area contributed by atoms with Crippen LogP contribution in [-0.2, 0) is 20.7 Å². The number of nitrogens with zero attached hydrogens (tertiary/aromatic N) is 6. The molecule has 2 fully saturated rings. The molecule has 0 aliphatic heterocycles. The van der Waals surface area contributed by atoms with Crippen molar-refractivity contribution < 1.29 is 23.9 Å². The molecule has 0 saturated heterocycles. The second-order valence-corrected chi connectivity index (χ2v) is 17.5. The van der Waals surface area contributed by atoms with E-state index in [0.29, 0.717) is 48.2 Å². The van der Waals surface area contributed by atoms with Gasteiger partial charge in [-0.15, -0.1) is 10.2 Å². The van der Waals surface area contributed by atoms with Gasteiger partial charge in [0.1, 0.15) is 17.3 Å². The van der Waals surface area contributed by atoms with Gasteiger partial charge >= 0.3 is 6.09 Å². The predicted molar refractivity (Wildman–Crippen MR) is 234 cm³/mol. The largest absolute Gasteiger partial charge is 0.444 e. The second kappa shape index (κ2) is 20.2. The lowest BCUT2D eigenvalue weighted by atomic mass is 9.81. The van der Waals surface area contributed by atoms with Crippen molar-refractivity contribution in [3.63, 3.8) is 0 Å². The van der Waals surface area contributed by atoms with Crippen molar-refractivity contribution in [1.82, 2.24) is 41.1 Å². The number of pyridine rings is 1. The fourth-order valence-electron chi connectivity index (χ4n) is 8.80. The number of H-pyrrole nitrogens is 1. The van der Waals surface area contributed by atoms with Crippen LogP contribution in [0.25, 0.3) is 22.5 Å². The molecule has 15 nitrogen and oxygen atoms in total. The van der Waals surface area contributed by atoms with E-state index in [1.165, 1.54) is 0 Å². The number of hydrogen-bond acceptors (Lipinski definition) is 10. The number of rotatable bonds is 15. The van der Waals surface area contributed by atoms with Crippen molar-refractivity contribution in [2.75, 3.05) is 24.5 Å². The first-order valence-electron chi connectivity index (χ1n) is 21.8. The van der Waals surface area contributed by atoms with E-state index in [0.717, 1.165) is 73.9 Å². The van der Waals surface area contributed by atoms with Crippen LogP contribution in [0, 0.1) is 18.8 Å². The molecule has 2 aromatic heterocycles. The van der Waals surface area contributed by atoms with Gasteiger partial charge in [0.25, 0.3) is 5.91 Å². The Labute approximate surface area is 359 Å². The van der Waals surface area contributed by atoms with Gasteiger partial charge in [0, 0.05) is 54.0 Å². The number of anilines is 1. The molecule has 0 spiro atoms. The van der Waals surface area contributed by atoms with E-state index in [1.807, 2.05) is 58.0 Å². The van der Waals surface area contributed by atoms with Crippen LogP contribution >= 0.6 is 0 Å². The fraction of sp³-hybridized carbons (Fsp3) is 0.522. The number of aromatic nitrogens is 5. The Kier molecular flexibility index (Phi) is 14.9. The number of nitrogens with one attached hydrogen (secondary N) is 3. The van der Waals surface area contributed by atoms with Gasteiger partial charge in [-0.05, 0) is 150 Å². The molecule has 2 saturated carbocycles. The summed E-state index contributed by atoms with van der Waals surface area (Å²) >= 11 is 0. The molecule has 2 aliphatic carbocycles. The Hall–Kier alpha value is -5.70. The third-order valence-corrected chi connectivity index (χ3v) is 12.2. The van der Waals surface area contributed by atoms with Gasteiger partial charge in [0.15, 0.2) is 0 Å². The summed E-state index contributed by atoms with van der Waals surface area (Å²) in [6, 6.07) is 16.5. The normalized spacial score (nSPS) is 19.8. The standard InChI is InChI=1S/C46H62N10O5/c1-7-55(8-2)36-23-19-35(20-24-36)50-43(58)39-25-29(3)38(28-48-39)32-13-9-30(10-14-32)26-40(41(47)57)56(37-21-17-33(18-22-37)42-51-53-54-52-42)44(59)34-15-11-31(12-16-34)27-49-45(60)61-46(4,5)6/h9-10,13-14,17-18,21-22,25,28,31,34-36,40H,7-8,11-12,15-16,19-20,23-24,26-27H2,1-6H3,(H2,47,57)(H,49,60)(H,50,58)(H,51,52,53,54)/t31?,34?,35?,36?,40-/m0/s1. The number of hydrogen-bond donors (Lipinski definition) is 4. The number of tetrazole rings is 1. The van der Waals surface area contributed by atoms with E-state index in [-0.39, 0.29) is 36.1 Å². The highest BCUT2D eigenvalue weighted by molar-refractivity contribution is 6.02. The number of nitrogens with two attached hydrogens (primary N) is 1. The minimum Gasteiger partial charge on any atom is -0.444 e. The lowest BCUT2D eigenvalue weighted by molar-refractivity contribution is -0.127.